The molecule has 30 heavy (non-hydrogen) atoms. The Hall–Kier alpha value is -2.93. The van der Waals surface area contributed by atoms with E-state index in [0.717, 1.165) is 67.9 Å². The lowest BCUT2D eigenvalue weighted by Gasteiger charge is -2.34. The minimum Gasteiger partial charge on any atom is -0.368 e. The van der Waals surface area contributed by atoms with Gasteiger partial charge in [0, 0.05) is 45.1 Å². The van der Waals surface area contributed by atoms with E-state index in [4.69, 9.17) is 15.1 Å². The van der Waals surface area contributed by atoms with Crippen molar-refractivity contribution in [2.24, 2.45) is 0 Å². The minimum atomic E-state index is 0.834. The molecule has 4 heterocycles. The van der Waals surface area contributed by atoms with Crippen LogP contribution in [0.4, 0.5) is 11.8 Å². The molecule has 0 atom stereocenters. The molecule has 5 rings (SSSR count). The van der Waals surface area contributed by atoms with Gasteiger partial charge >= 0.3 is 0 Å². The van der Waals surface area contributed by atoms with Gasteiger partial charge in [-0.15, -0.1) is 5.10 Å². The van der Waals surface area contributed by atoms with Crippen LogP contribution in [0.3, 0.4) is 0 Å². The second-order valence-electron chi connectivity index (χ2n) is 8.22. The van der Waals surface area contributed by atoms with Gasteiger partial charge in [0.25, 0.3) is 0 Å². The Labute approximate surface area is 177 Å². The van der Waals surface area contributed by atoms with Crippen molar-refractivity contribution < 1.29 is 0 Å². The first-order chi connectivity index (χ1) is 14.7. The molecule has 1 fully saturated rings. The van der Waals surface area contributed by atoms with Crippen molar-refractivity contribution in [2.45, 2.75) is 26.7 Å². The molecule has 7 heteroatoms. The summed E-state index contributed by atoms with van der Waals surface area (Å²) >= 11 is 0. The molecule has 2 aliphatic heterocycles. The average molecular weight is 404 g/mol. The number of aromatic nitrogens is 4. The standard InChI is InChI=1S/C23H29N7/c1-3-10-28-11-13-29(14-12-28)23-25-15-18-8-9-24-22-20(21(18)26-23)16-30(27-22)19-6-4-17(2)5-7-19/h4-7,15-16H,3,8-14H2,1-2H3,(H,24,27). The quantitative estimate of drug-likeness (QED) is 0.722. The van der Waals surface area contributed by atoms with Gasteiger partial charge in [0.1, 0.15) is 0 Å². The molecule has 1 aromatic carbocycles. The fraction of sp³-hybridized carbons (Fsp3) is 0.435. The highest BCUT2D eigenvalue weighted by molar-refractivity contribution is 5.76. The van der Waals surface area contributed by atoms with Gasteiger partial charge in [-0.3, -0.25) is 4.90 Å². The van der Waals surface area contributed by atoms with Gasteiger partial charge in [0.05, 0.1) is 16.9 Å². The molecule has 156 valence electrons. The molecule has 1 N–H and O–H groups in total. The zero-order valence-corrected chi connectivity index (χ0v) is 17.8. The van der Waals surface area contributed by atoms with Crippen molar-refractivity contribution in [3.63, 3.8) is 0 Å². The number of aryl methyl sites for hydroxylation is 1. The number of nitrogens with one attached hydrogen (secondary N) is 1. The maximum absolute atomic E-state index is 5.03. The van der Waals surface area contributed by atoms with Crippen molar-refractivity contribution in [3.8, 4) is 16.9 Å². The van der Waals surface area contributed by atoms with Crippen LogP contribution in [-0.2, 0) is 6.42 Å². The average Bonchev–Trinajstić information content (AvgIpc) is 3.12. The number of fused-ring (bicyclic) bond motifs is 3. The first-order valence-electron chi connectivity index (χ1n) is 11.0. The van der Waals surface area contributed by atoms with Crippen LogP contribution in [0.5, 0.6) is 0 Å². The van der Waals surface area contributed by atoms with Gasteiger partial charge in [-0.1, -0.05) is 24.6 Å². The first-order valence-corrected chi connectivity index (χ1v) is 11.0. The largest absolute Gasteiger partial charge is 0.368 e. The van der Waals surface area contributed by atoms with E-state index in [1.165, 1.54) is 24.1 Å². The number of hydrogen-bond donors (Lipinski definition) is 1. The summed E-state index contributed by atoms with van der Waals surface area (Å²) in [5.74, 6) is 1.73. The lowest BCUT2D eigenvalue weighted by molar-refractivity contribution is 0.257. The number of hydrogen-bond acceptors (Lipinski definition) is 6. The van der Waals surface area contributed by atoms with E-state index in [0.29, 0.717) is 0 Å². The number of piperazine rings is 1. The van der Waals surface area contributed by atoms with Gasteiger partial charge in [0.2, 0.25) is 5.95 Å². The number of rotatable bonds is 4. The minimum absolute atomic E-state index is 0.834. The number of nitrogens with zero attached hydrogens (tertiary/aromatic N) is 6. The van der Waals surface area contributed by atoms with Crippen LogP contribution in [0.15, 0.2) is 36.7 Å². The normalized spacial score (nSPS) is 16.5. The smallest absolute Gasteiger partial charge is 0.225 e. The lowest BCUT2D eigenvalue weighted by Crippen LogP contribution is -2.47. The van der Waals surface area contributed by atoms with Crippen LogP contribution >= 0.6 is 0 Å². The Morgan fingerprint density at radius 3 is 2.63 bits per heavy atom. The van der Waals surface area contributed by atoms with Crippen LogP contribution in [0.1, 0.15) is 24.5 Å². The van der Waals surface area contributed by atoms with E-state index >= 15 is 0 Å². The Balaban J connectivity index is 1.46. The van der Waals surface area contributed by atoms with E-state index in [9.17, 15) is 0 Å². The SMILES string of the molecule is CCCN1CCN(c2ncc3c(n2)-c2cn(-c4ccc(C)cc4)nc2NCC3)CC1. The molecule has 3 aromatic rings. The molecule has 0 spiro atoms. The maximum atomic E-state index is 5.03. The van der Waals surface area contributed by atoms with Gasteiger partial charge in [0.15, 0.2) is 5.82 Å². The van der Waals surface area contributed by atoms with E-state index in [1.807, 2.05) is 10.9 Å². The van der Waals surface area contributed by atoms with E-state index in [2.05, 4.69) is 59.4 Å². The van der Waals surface area contributed by atoms with Gasteiger partial charge in [-0.25, -0.2) is 14.6 Å². The van der Waals surface area contributed by atoms with Gasteiger partial charge in [-0.2, -0.15) is 0 Å². The molecular formula is C23H29N7. The Morgan fingerprint density at radius 1 is 1.07 bits per heavy atom. The van der Waals surface area contributed by atoms with Crippen molar-refractivity contribution in [2.75, 3.05) is 49.5 Å². The molecule has 0 amide bonds. The molecule has 0 radical (unpaired) electrons. The molecule has 0 unspecified atom stereocenters. The van der Waals surface area contributed by atoms with Crippen molar-refractivity contribution in [3.05, 3.63) is 47.8 Å². The van der Waals surface area contributed by atoms with Crippen molar-refractivity contribution >= 4 is 11.8 Å². The van der Waals surface area contributed by atoms with E-state index in [-0.39, 0.29) is 0 Å². The van der Waals surface area contributed by atoms with E-state index in [1.54, 1.807) is 0 Å². The predicted molar refractivity (Wildman–Crippen MR) is 120 cm³/mol. The number of anilines is 2. The summed E-state index contributed by atoms with van der Waals surface area (Å²) in [7, 11) is 0. The van der Waals surface area contributed by atoms with Crippen LogP contribution in [-0.4, -0.2) is 63.9 Å². The molecule has 2 aliphatic rings. The molecule has 0 saturated carbocycles. The third-order valence-electron chi connectivity index (χ3n) is 6.00. The summed E-state index contributed by atoms with van der Waals surface area (Å²) in [4.78, 5) is 14.6. The first kappa shape index (κ1) is 19.1. The highest BCUT2D eigenvalue weighted by atomic mass is 15.3. The van der Waals surface area contributed by atoms with Crippen LogP contribution in [0.2, 0.25) is 0 Å². The highest BCUT2D eigenvalue weighted by Crippen LogP contribution is 2.33. The maximum Gasteiger partial charge on any atom is 0.225 e. The Bertz CT molecular complexity index is 1020. The summed E-state index contributed by atoms with van der Waals surface area (Å²) in [5.41, 5.74) is 5.54. The second-order valence-corrected chi connectivity index (χ2v) is 8.22. The molecule has 0 aliphatic carbocycles. The van der Waals surface area contributed by atoms with Crippen LogP contribution in [0, 0.1) is 6.92 Å². The lowest BCUT2D eigenvalue weighted by atomic mass is 10.1. The molecule has 0 bridgehead atoms. The topological polar surface area (TPSA) is 62.1 Å². The Kier molecular flexibility index (Phi) is 5.12. The monoisotopic (exact) mass is 403 g/mol. The second kappa shape index (κ2) is 8.07. The fourth-order valence-electron chi connectivity index (χ4n) is 4.28. The predicted octanol–water partition coefficient (Wildman–Crippen LogP) is 3.14. The van der Waals surface area contributed by atoms with Crippen molar-refractivity contribution in [1.29, 1.82) is 0 Å². The van der Waals surface area contributed by atoms with Crippen LogP contribution in [0.25, 0.3) is 16.9 Å². The Morgan fingerprint density at radius 2 is 1.87 bits per heavy atom. The molecule has 1 saturated heterocycles. The molecular weight excluding hydrogens is 374 g/mol. The van der Waals surface area contributed by atoms with Gasteiger partial charge < -0.3 is 10.2 Å². The summed E-state index contributed by atoms with van der Waals surface area (Å²) in [6.45, 7) is 10.5. The van der Waals surface area contributed by atoms with Gasteiger partial charge in [-0.05, 0) is 44.0 Å². The highest BCUT2D eigenvalue weighted by Gasteiger charge is 2.23. The zero-order valence-electron chi connectivity index (χ0n) is 17.8. The fourth-order valence-corrected chi connectivity index (χ4v) is 4.28. The van der Waals surface area contributed by atoms with E-state index < -0.39 is 0 Å². The third-order valence-corrected chi connectivity index (χ3v) is 6.00. The van der Waals surface area contributed by atoms with Crippen LogP contribution < -0.4 is 10.2 Å². The number of benzene rings is 1. The summed E-state index contributed by atoms with van der Waals surface area (Å²) in [6.07, 6.45) is 6.21. The summed E-state index contributed by atoms with van der Waals surface area (Å²) in [6, 6.07) is 8.43. The zero-order chi connectivity index (χ0) is 20.5. The van der Waals surface area contributed by atoms with Crippen molar-refractivity contribution in [1.82, 2.24) is 24.6 Å². The third kappa shape index (κ3) is 3.65. The summed E-state index contributed by atoms with van der Waals surface area (Å²) in [5, 5.41) is 8.28. The summed E-state index contributed by atoms with van der Waals surface area (Å²) < 4.78 is 1.94. The molecule has 7 nitrogen and oxygen atoms in total. The molecule has 2 aromatic heterocycles.